The normalized spacial score (nSPS) is 19.7. The highest BCUT2D eigenvalue weighted by Crippen LogP contribution is 2.34. The molecule has 1 unspecified atom stereocenters. The molecule has 0 saturated carbocycles. The van der Waals surface area contributed by atoms with Crippen LogP contribution in [0.15, 0.2) is 35.7 Å². The maximum absolute atomic E-state index is 5.84. The molecule has 1 aromatic carbocycles. The number of hydrogen-bond acceptors (Lipinski definition) is 3. The second-order valence-corrected chi connectivity index (χ2v) is 5.93. The topological polar surface area (TPSA) is 38.0 Å². The van der Waals surface area contributed by atoms with Gasteiger partial charge in [-0.2, -0.15) is 0 Å². The standard InChI is InChI=1S/C15H18N2S/c1-10(15-3-2-8-18-15)17-14-7-4-11-9-12(16)5-6-13(11)14/h2-3,5-6,8-10,14,17H,4,7,16H2,1H3/t10-,14?/m1/s1. The lowest BCUT2D eigenvalue weighted by Gasteiger charge is -2.19. The molecule has 3 rings (SSSR count). The van der Waals surface area contributed by atoms with Gasteiger partial charge in [0.2, 0.25) is 0 Å². The van der Waals surface area contributed by atoms with E-state index in [1.54, 1.807) is 0 Å². The van der Waals surface area contributed by atoms with Crippen LogP contribution in [-0.4, -0.2) is 0 Å². The van der Waals surface area contributed by atoms with Gasteiger partial charge >= 0.3 is 0 Å². The maximum atomic E-state index is 5.84. The van der Waals surface area contributed by atoms with Gasteiger partial charge in [-0.15, -0.1) is 11.3 Å². The van der Waals surface area contributed by atoms with E-state index in [1.807, 2.05) is 17.4 Å². The minimum atomic E-state index is 0.415. The van der Waals surface area contributed by atoms with E-state index in [1.165, 1.54) is 22.4 Å². The number of thiophene rings is 1. The molecule has 0 radical (unpaired) electrons. The van der Waals surface area contributed by atoms with E-state index in [-0.39, 0.29) is 0 Å². The van der Waals surface area contributed by atoms with Crippen molar-refractivity contribution in [1.29, 1.82) is 0 Å². The molecule has 0 bridgehead atoms. The predicted molar refractivity (Wildman–Crippen MR) is 77.8 cm³/mol. The number of aryl methyl sites for hydroxylation is 1. The summed E-state index contributed by atoms with van der Waals surface area (Å²) in [6.07, 6.45) is 2.31. The fourth-order valence-electron chi connectivity index (χ4n) is 2.73. The molecule has 0 saturated heterocycles. The summed E-state index contributed by atoms with van der Waals surface area (Å²) in [6, 6.07) is 11.5. The molecule has 1 heterocycles. The number of nitrogens with two attached hydrogens (primary N) is 1. The van der Waals surface area contributed by atoms with Crippen LogP contribution in [0.1, 0.15) is 41.4 Å². The zero-order valence-electron chi connectivity index (χ0n) is 10.5. The summed E-state index contributed by atoms with van der Waals surface area (Å²) in [5, 5.41) is 5.86. The fourth-order valence-corrected chi connectivity index (χ4v) is 3.48. The van der Waals surface area contributed by atoms with Crippen LogP contribution in [0.5, 0.6) is 0 Å². The van der Waals surface area contributed by atoms with Gasteiger partial charge in [0.25, 0.3) is 0 Å². The highest BCUT2D eigenvalue weighted by Gasteiger charge is 2.24. The van der Waals surface area contributed by atoms with Gasteiger partial charge in [0.05, 0.1) is 0 Å². The smallest absolute Gasteiger partial charge is 0.0391 e. The molecule has 2 aromatic rings. The summed E-state index contributed by atoms with van der Waals surface area (Å²) in [5.74, 6) is 0. The van der Waals surface area contributed by atoms with E-state index in [4.69, 9.17) is 5.73 Å². The van der Waals surface area contributed by atoms with Crippen molar-refractivity contribution in [3.8, 4) is 0 Å². The van der Waals surface area contributed by atoms with Crippen LogP contribution in [-0.2, 0) is 6.42 Å². The molecule has 3 heteroatoms. The SMILES string of the molecule is C[C@@H](NC1CCc2cc(N)ccc21)c1cccs1. The molecule has 0 amide bonds. The number of nitrogen functional groups attached to an aromatic ring is 1. The zero-order valence-corrected chi connectivity index (χ0v) is 11.3. The Kier molecular flexibility index (Phi) is 3.10. The van der Waals surface area contributed by atoms with Gasteiger partial charge in [0.15, 0.2) is 0 Å². The van der Waals surface area contributed by atoms with Crippen LogP contribution in [0.25, 0.3) is 0 Å². The minimum Gasteiger partial charge on any atom is -0.399 e. The van der Waals surface area contributed by atoms with Gasteiger partial charge < -0.3 is 11.1 Å². The first-order valence-electron chi connectivity index (χ1n) is 6.42. The van der Waals surface area contributed by atoms with Crippen molar-refractivity contribution >= 4 is 17.0 Å². The summed E-state index contributed by atoms with van der Waals surface area (Å²) in [4.78, 5) is 1.40. The molecule has 2 atom stereocenters. The van der Waals surface area contributed by atoms with Crippen LogP contribution in [0.4, 0.5) is 5.69 Å². The largest absolute Gasteiger partial charge is 0.399 e. The van der Waals surface area contributed by atoms with Crippen molar-refractivity contribution in [3.05, 3.63) is 51.7 Å². The van der Waals surface area contributed by atoms with E-state index in [0.29, 0.717) is 12.1 Å². The molecule has 3 N–H and O–H groups in total. The molecule has 0 fully saturated rings. The first-order chi connectivity index (χ1) is 8.74. The van der Waals surface area contributed by atoms with E-state index in [9.17, 15) is 0 Å². The summed E-state index contributed by atoms with van der Waals surface area (Å²) in [5.41, 5.74) is 9.54. The molecule has 0 aliphatic heterocycles. The molecule has 2 nitrogen and oxygen atoms in total. The lowest BCUT2D eigenvalue weighted by atomic mass is 10.1. The highest BCUT2D eigenvalue weighted by molar-refractivity contribution is 7.10. The van der Waals surface area contributed by atoms with Gasteiger partial charge in [-0.25, -0.2) is 0 Å². The lowest BCUT2D eigenvalue weighted by Crippen LogP contribution is -2.22. The first-order valence-corrected chi connectivity index (χ1v) is 7.30. The van der Waals surface area contributed by atoms with Gasteiger partial charge in [-0.3, -0.25) is 0 Å². The second kappa shape index (κ2) is 4.75. The van der Waals surface area contributed by atoms with Crippen LogP contribution < -0.4 is 11.1 Å². The molecular weight excluding hydrogens is 240 g/mol. The van der Waals surface area contributed by atoms with Gasteiger partial charge in [0.1, 0.15) is 0 Å². The third kappa shape index (κ3) is 2.16. The monoisotopic (exact) mass is 258 g/mol. The average molecular weight is 258 g/mol. The molecule has 94 valence electrons. The Morgan fingerprint density at radius 1 is 1.39 bits per heavy atom. The fraction of sp³-hybridized carbons (Fsp3) is 0.333. The Bertz CT molecular complexity index is 533. The molecule has 1 aliphatic rings. The Balaban J connectivity index is 1.77. The Labute approximate surface area is 112 Å². The average Bonchev–Trinajstić information content (AvgIpc) is 2.98. The molecule has 18 heavy (non-hydrogen) atoms. The Morgan fingerprint density at radius 2 is 2.28 bits per heavy atom. The van der Waals surface area contributed by atoms with Crippen LogP contribution in [0.2, 0.25) is 0 Å². The molecular formula is C15H18N2S. The number of rotatable bonds is 3. The molecule has 0 spiro atoms. The minimum absolute atomic E-state index is 0.415. The van der Waals surface area contributed by atoms with Crippen molar-refractivity contribution in [2.75, 3.05) is 5.73 Å². The van der Waals surface area contributed by atoms with Crippen molar-refractivity contribution < 1.29 is 0 Å². The third-order valence-electron chi connectivity index (χ3n) is 3.67. The second-order valence-electron chi connectivity index (χ2n) is 4.95. The van der Waals surface area contributed by atoms with Gasteiger partial charge in [-0.1, -0.05) is 12.1 Å². The highest BCUT2D eigenvalue weighted by atomic mass is 32.1. The lowest BCUT2D eigenvalue weighted by molar-refractivity contribution is 0.469. The van der Waals surface area contributed by atoms with E-state index in [0.717, 1.165) is 12.1 Å². The number of benzene rings is 1. The number of nitrogens with one attached hydrogen (secondary N) is 1. The molecule has 1 aromatic heterocycles. The maximum Gasteiger partial charge on any atom is 0.0391 e. The number of fused-ring (bicyclic) bond motifs is 1. The first kappa shape index (κ1) is 11.8. The quantitative estimate of drug-likeness (QED) is 0.824. The Hall–Kier alpha value is -1.32. The predicted octanol–water partition coefficient (Wildman–Crippen LogP) is 3.67. The summed E-state index contributed by atoms with van der Waals surface area (Å²) in [6.45, 7) is 2.24. The van der Waals surface area contributed by atoms with E-state index < -0.39 is 0 Å². The van der Waals surface area contributed by atoms with Gasteiger partial charge in [-0.05, 0) is 54.5 Å². The molecule has 1 aliphatic carbocycles. The third-order valence-corrected chi connectivity index (χ3v) is 4.72. The zero-order chi connectivity index (χ0) is 12.5. The van der Waals surface area contributed by atoms with Crippen molar-refractivity contribution in [2.45, 2.75) is 31.8 Å². The van der Waals surface area contributed by atoms with Crippen molar-refractivity contribution in [2.24, 2.45) is 0 Å². The summed E-state index contributed by atoms with van der Waals surface area (Å²) in [7, 11) is 0. The van der Waals surface area contributed by atoms with E-state index in [2.05, 4.69) is 41.9 Å². The van der Waals surface area contributed by atoms with Crippen molar-refractivity contribution in [1.82, 2.24) is 5.32 Å². The number of hydrogen-bond donors (Lipinski definition) is 2. The Morgan fingerprint density at radius 3 is 3.06 bits per heavy atom. The number of anilines is 1. The van der Waals surface area contributed by atoms with E-state index >= 15 is 0 Å². The van der Waals surface area contributed by atoms with Gasteiger partial charge in [0, 0.05) is 22.6 Å². The van der Waals surface area contributed by atoms with Crippen LogP contribution in [0.3, 0.4) is 0 Å². The van der Waals surface area contributed by atoms with Crippen LogP contribution in [0, 0.1) is 0 Å². The van der Waals surface area contributed by atoms with Crippen LogP contribution >= 0.6 is 11.3 Å². The summed E-state index contributed by atoms with van der Waals surface area (Å²) >= 11 is 1.82. The summed E-state index contributed by atoms with van der Waals surface area (Å²) < 4.78 is 0. The van der Waals surface area contributed by atoms with Crippen molar-refractivity contribution in [3.63, 3.8) is 0 Å².